The van der Waals surface area contributed by atoms with Crippen LogP contribution < -0.4 is 10.1 Å². The number of pyridine rings is 2. The van der Waals surface area contributed by atoms with Crippen LogP contribution in [-0.4, -0.2) is 40.3 Å². The summed E-state index contributed by atoms with van der Waals surface area (Å²) in [4.78, 5) is 32.4. The molecule has 0 radical (unpaired) electrons. The molecule has 1 N–H and O–H groups in total. The maximum Gasteiger partial charge on any atom is 0.407 e. The zero-order chi connectivity index (χ0) is 28.7. The highest BCUT2D eigenvalue weighted by molar-refractivity contribution is 6.30. The van der Waals surface area contributed by atoms with Crippen LogP contribution in [0.25, 0.3) is 11.3 Å². The van der Waals surface area contributed by atoms with Gasteiger partial charge in [-0.05, 0) is 64.1 Å². The lowest BCUT2D eigenvalue weighted by atomic mass is 10.1. The van der Waals surface area contributed by atoms with Gasteiger partial charge in [-0.2, -0.15) is 0 Å². The minimum absolute atomic E-state index is 0.0552. The van der Waals surface area contributed by atoms with Gasteiger partial charge in [0.25, 0.3) is 5.88 Å². The molecule has 208 valence electrons. The van der Waals surface area contributed by atoms with Crippen molar-refractivity contribution >= 4 is 23.7 Å². The summed E-state index contributed by atoms with van der Waals surface area (Å²) in [7, 11) is 0. The van der Waals surface area contributed by atoms with Crippen LogP contribution in [0.1, 0.15) is 39.8 Å². The van der Waals surface area contributed by atoms with Crippen LogP contribution in [0.3, 0.4) is 0 Å². The Morgan fingerprint density at radius 3 is 2.44 bits per heavy atom. The van der Waals surface area contributed by atoms with Gasteiger partial charge < -0.3 is 19.5 Å². The van der Waals surface area contributed by atoms with Gasteiger partial charge in [0, 0.05) is 24.2 Å². The quantitative estimate of drug-likeness (QED) is 0.300. The largest absolute Gasteiger partial charge is 0.466 e. The van der Waals surface area contributed by atoms with E-state index in [-0.39, 0.29) is 47.2 Å². The number of esters is 1. The molecule has 1 amide bonds. The third kappa shape index (κ3) is 8.85. The minimum Gasteiger partial charge on any atom is -0.466 e. The Balaban J connectivity index is 1.83. The van der Waals surface area contributed by atoms with Crippen LogP contribution in [0.4, 0.5) is 18.0 Å². The van der Waals surface area contributed by atoms with Crippen LogP contribution >= 0.6 is 11.6 Å². The molecule has 0 saturated carbocycles. The molecule has 1 aromatic carbocycles. The fourth-order valence-corrected chi connectivity index (χ4v) is 3.56. The van der Waals surface area contributed by atoms with Gasteiger partial charge in [-0.1, -0.05) is 11.6 Å². The van der Waals surface area contributed by atoms with E-state index in [1.54, 1.807) is 27.7 Å². The molecule has 8 nitrogen and oxygen atoms in total. The third-order valence-corrected chi connectivity index (χ3v) is 5.21. The maximum atomic E-state index is 14.8. The molecule has 0 bridgehead atoms. The normalized spacial score (nSPS) is 12.0. The first-order chi connectivity index (χ1) is 18.3. The number of rotatable bonds is 9. The average Bonchev–Trinajstić information content (AvgIpc) is 2.82. The molecule has 2 aromatic heterocycles. The molecule has 0 saturated heterocycles. The van der Waals surface area contributed by atoms with Crippen molar-refractivity contribution in [3.8, 4) is 22.9 Å². The number of nitrogens with zero attached hydrogens (tertiary/aromatic N) is 2. The highest BCUT2D eigenvalue weighted by Crippen LogP contribution is 2.30. The van der Waals surface area contributed by atoms with E-state index < -0.39 is 47.0 Å². The molecule has 1 unspecified atom stereocenters. The summed E-state index contributed by atoms with van der Waals surface area (Å²) >= 11 is 5.67. The summed E-state index contributed by atoms with van der Waals surface area (Å²) in [5.41, 5.74) is -0.393. The van der Waals surface area contributed by atoms with Gasteiger partial charge in [-0.3, -0.25) is 4.79 Å². The monoisotopic (exact) mass is 565 g/mol. The Bertz CT molecular complexity index is 1350. The van der Waals surface area contributed by atoms with E-state index in [4.69, 9.17) is 25.8 Å². The van der Waals surface area contributed by atoms with Crippen LogP contribution in [0, 0.1) is 17.5 Å². The second-order valence-electron chi connectivity index (χ2n) is 9.37. The van der Waals surface area contributed by atoms with Crippen molar-refractivity contribution in [3.63, 3.8) is 0 Å². The topological polar surface area (TPSA) is 99.6 Å². The lowest BCUT2D eigenvalue weighted by molar-refractivity contribution is -0.143. The van der Waals surface area contributed by atoms with Gasteiger partial charge in [0.1, 0.15) is 11.4 Å². The molecule has 3 rings (SSSR count). The molecule has 2 heterocycles. The Hall–Kier alpha value is -3.86. The second kappa shape index (κ2) is 12.8. The van der Waals surface area contributed by atoms with E-state index in [9.17, 15) is 22.8 Å². The number of halogens is 4. The Morgan fingerprint density at radius 1 is 1.05 bits per heavy atom. The van der Waals surface area contributed by atoms with Crippen molar-refractivity contribution in [1.82, 2.24) is 15.3 Å². The number of amides is 1. The minimum atomic E-state index is -0.898. The molecule has 0 fully saturated rings. The van der Waals surface area contributed by atoms with Crippen molar-refractivity contribution in [1.29, 1.82) is 0 Å². The van der Waals surface area contributed by atoms with E-state index in [1.165, 1.54) is 18.2 Å². The van der Waals surface area contributed by atoms with Gasteiger partial charge >= 0.3 is 12.1 Å². The first kappa shape index (κ1) is 29.7. The SMILES string of the molecule is CCOC(=O)CC(Cc1nc(-c2ccc(Oc3ncc(Cl)cc3F)c(F)c2)ccc1F)NC(=O)OC(C)(C)C. The molecule has 0 aliphatic heterocycles. The predicted octanol–water partition coefficient (Wildman–Crippen LogP) is 6.40. The third-order valence-electron chi connectivity index (χ3n) is 5.01. The Morgan fingerprint density at radius 2 is 1.79 bits per heavy atom. The van der Waals surface area contributed by atoms with Crippen molar-refractivity contribution in [2.45, 2.75) is 52.2 Å². The molecular formula is C27H27ClF3N3O5. The van der Waals surface area contributed by atoms with Crippen molar-refractivity contribution in [3.05, 3.63) is 70.8 Å². The Kier molecular flexibility index (Phi) is 9.74. The van der Waals surface area contributed by atoms with E-state index >= 15 is 0 Å². The number of benzene rings is 1. The summed E-state index contributed by atoms with van der Waals surface area (Å²) in [5, 5.41) is 2.61. The summed E-state index contributed by atoms with van der Waals surface area (Å²) < 4.78 is 58.9. The second-order valence-corrected chi connectivity index (χ2v) is 9.81. The van der Waals surface area contributed by atoms with E-state index in [2.05, 4.69) is 15.3 Å². The molecular weight excluding hydrogens is 539 g/mol. The zero-order valence-corrected chi connectivity index (χ0v) is 22.4. The lowest BCUT2D eigenvalue weighted by Crippen LogP contribution is -2.41. The molecule has 39 heavy (non-hydrogen) atoms. The average molecular weight is 566 g/mol. The van der Waals surface area contributed by atoms with E-state index in [0.717, 1.165) is 24.4 Å². The van der Waals surface area contributed by atoms with Gasteiger partial charge in [-0.25, -0.2) is 27.9 Å². The molecule has 0 aliphatic carbocycles. The van der Waals surface area contributed by atoms with Gasteiger partial charge in [0.2, 0.25) is 0 Å². The summed E-state index contributed by atoms with van der Waals surface area (Å²) in [6.45, 7) is 6.80. The van der Waals surface area contributed by atoms with Gasteiger partial charge in [0.05, 0.1) is 29.4 Å². The fraction of sp³-hybridized carbons (Fsp3) is 0.333. The Labute approximate surface area is 228 Å². The van der Waals surface area contributed by atoms with Crippen molar-refractivity contribution in [2.75, 3.05) is 6.61 Å². The number of carbonyl (C=O) groups is 2. The van der Waals surface area contributed by atoms with E-state index in [0.29, 0.717) is 0 Å². The van der Waals surface area contributed by atoms with Gasteiger partial charge in [-0.15, -0.1) is 0 Å². The van der Waals surface area contributed by atoms with Crippen LogP contribution in [0.5, 0.6) is 11.6 Å². The van der Waals surface area contributed by atoms with E-state index in [1.807, 2.05) is 0 Å². The molecule has 1 atom stereocenters. The number of carbonyl (C=O) groups excluding carboxylic acids is 2. The number of hydrogen-bond acceptors (Lipinski definition) is 7. The number of ether oxygens (including phenoxy) is 3. The predicted molar refractivity (Wildman–Crippen MR) is 137 cm³/mol. The molecule has 0 aliphatic rings. The standard InChI is InChI=1S/C27H27ClF3N3O5/c1-5-37-24(35)13-17(33-26(36)39-27(2,3)4)12-22-18(29)7-8-21(34-22)15-6-9-23(19(30)10-15)38-25-20(31)11-16(28)14-32-25/h6-11,14,17H,5,12-13H2,1-4H3,(H,33,36). The van der Waals surface area contributed by atoms with Crippen molar-refractivity contribution < 1.29 is 37.0 Å². The van der Waals surface area contributed by atoms with Crippen molar-refractivity contribution in [2.24, 2.45) is 0 Å². The number of hydrogen-bond donors (Lipinski definition) is 1. The highest BCUT2D eigenvalue weighted by atomic mass is 35.5. The van der Waals surface area contributed by atoms with Gasteiger partial charge in [0.15, 0.2) is 17.4 Å². The van der Waals surface area contributed by atoms with Crippen LogP contribution in [0.15, 0.2) is 42.6 Å². The summed E-state index contributed by atoms with van der Waals surface area (Å²) in [5.74, 6) is -3.76. The maximum absolute atomic E-state index is 14.8. The number of alkyl carbamates (subject to hydrolysis) is 1. The zero-order valence-electron chi connectivity index (χ0n) is 21.7. The van der Waals surface area contributed by atoms with Crippen LogP contribution in [0.2, 0.25) is 5.02 Å². The van der Waals surface area contributed by atoms with Crippen LogP contribution in [-0.2, 0) is 20.7 Å². The molecule has 0 spiro atoms. The smallest absolute Gasteiger partial charge is 0.407 e. The number of nitrogens with one attached hydrogen (secondary N) is 1. The molecule has 3 aromatic rings. The fourth-order valence-electron chi connectivity index (χ4n) is 3.42. The summed E-state index contributed by atoms with van der Waals surface area (Å²) in [6, 6.07) is 6.35. The first-order valence-corrected chi connectivity index (χ1v) is 12.3. The highest BCUT2D eigenvalue weighted by Gasteiger charge is 2.24. The first-order valence-electron chi connectivity index (χ1n) is 11.9. The summed E-state index contributed by atoms with van der Waals surface area (Å²) in [6.07, 6.45) is -0.0712. The lowest BCUT2D eigenvalue weighted by Gasteiger charge is -2.23. The molecule has 12 heteroatoms. The number of aromatic nitrogens is 2.